The van der Waals surface area contributed by atoms with Crippen molar-refractivity contribution in [1.82, 2.24) is 5.32 Å². The van der Waals surface area contributed by atoms with E-state index >= 15 is 0 Å². The van der Waals surface area contributed by atoms with Crippen LogP contribution in [-0.2, 0) is 4.79 Å². The van der Waals surface area contributed by atoms with Gasteiger partial charge in [-0.25, -0.2) is 0 Å². The first kappa shape index (κ1) is 17.0. The van der Waals surface area contributed by atoms with Gasteiger partial charge in [-0.05, 0) is 31.9 Å². The van der Waals surface area contributed by atoms with E-state index in [2.05, 4.69) is 21.2 Å². The van der Waals surface area contributed by atoms with Crippen LogP contribution in [0.15, 0.2) is 22.7 Å². The number of amides is 1. The van der Waals surface area contributed by atoms with Crippen molar-refractivity contribution in [2.75, 3.05) is 6.54 Å². The number of hydrogen-bond acceptors (Lipinski definition) is 3. The molecule has 0 spiro atoms. The van der Waals surface area contributed by atoms with Crippen LogP contribution >= 0.6 is 15.9 Å². The summed E-state index contributed by atoms with van der Waals surface area (Å²) in [5.41, 5.74) is 0.664. The van der Waals surface area contributed by atoms with Crippen molar-refractivity contribution in [2.24, 2.45) is 5.92 Å². The van der Waals surface area contributed by atoms with Crippen LogP contribution in [0.1, 0.15) is 39.4 Å². The van der Waals surface area contributed by atoms with Crippen molar-refractivity contribution in [3.63, 3.8) is 0 Å². The van der Waals surface area contributed by atoms with Crippen molar-refractivity contribution in [1.29, 1.82) is 0 Å². The Labute approximate surface area is 128 Å². The third-order valence-electron chi connectivity index (χ3n) is 2.78. The monoisotopic (exact) mass is 343 g/mol. The first-order valence-corrected chi connectivity index (χ1v) is 7.52. The van der Waals surface area contributed by atoms with E-state index in [1.54, 1.807) is 26.0 Å². The Morgan fingerprint density at radius 3 is 2.55 bits per heavy atom. The van der Waals surface area contributed by atoms with Crippen molar-refractivity contribution < 1.29 is 14.6 Å². The molecule has 0 aliphatic carbocycles. The van der Waals surface area contributed by atoms with E-state index < -0.39 is 12.2 Å². The van der Waals surface area contributed by atoms with E-state index in [0.717, 1.165) is 4.47 Å². The summed E-state index contributed by atoms with van der Waals surface area (Å²) in [6.07, 6.45) is -1.26. The maximum absolute atomic E-state index is 11.9. The lowest BCUT2D eigenvalue weighted by Crippen LogP contribution is -2.38. The van der Waals surface area contributed by atoms with Crippen molar-refractivity contribution >= 4 is 21.8 Å². The van der Waals surface area contributed by atoms with Crippen molar-refractivity contribution in [2.45, 2.75) is 39.9 Å². The SMILES string of the molecule is CC(C)CNC(=O)C(C)Oc1cc(Br)ccc1C(C)O. The highest BCUT2D eigenvalue weighted by molar-refractivity contribution is 9.10. The lowest BCUT2D eigenvalue weighted by Gasteiger charge is -2.19. The Kier molecular flexibility index (Phi) is 6.49. The third kappa shape index (κ3) is 5.13. The highest BCUT2D eigenvalue weighted by atomic mass is 79.9. The van der Waals surface area contributed by atoms with Crippen molar-refractivity contribution in [3.05, 3.63) is 28.2 Å². The molecule has 20 heavy (non-hydrogen) atoms. The predicted molar refractivity (Wildman–Crippen MR) is 82.7 cm³/mol. The third-order valence-corrected chi connectivity index (χ3v) is 3.28. The second-order valence-corrected chi connectivity index (χ2v) is 6.17. The molecule has 0 saturated heterocycles. The summed E-state index contributed by atoms with van der Waals surface area (Å²) in [5.74, 6) is 0.752. The summed E-state index contributed by atoms with van der Waals surface area (Å²) in [6.45, 7) is 8.05. The number of benzene rings is 1. The fraction of sp³-hybridized carbons (Fsp3) is 0.533. The fourth-order valence-electron chi connectivity index (χ4n) is 1.65. The van der Waals surface area contributed by atoms with Gasteiger partial charge in [-0.15, -0.1) is 0 Å². The maximum Gasteiger partial charge on any atom is 0.260 e. The van der Waals surface area contributed by atoms with Crippen LogP contribution in [0.3, 0.4) is 0 Å². The second-order valence-electron chi connectivity index (χ2n) is 5.26. The quantitative estimate of drug-likeness (QED) is 0.834. The van der Waals surface area contributed by atoms with Crippen molar-refractivity contribution in [3.8, 4) is 5.75 Å². The van der Waals surface area contributed by atoms with E-state index in [9.17, 15) is 9.90 Å². The molecule has 1 amide bonds. The van der Waals surface area contributed by atoms with E-state index in [1.807, 2.05) is 19.9 Å². The maximum atomic E-state index is 11.9. The molecule has 0 aliphatic heterocycles. The van der Waals surface area contributed by atoms with Gasteiger partial charge in [0.15, 0.2) is 6.10 Å². The van der Waals surface area contributed by atoms with Gasteiger partial charge in [0.05, 0.1) is 6.10 Å². The molecule has 5 heteroatoms. The average Bonchev–Trinajstić information content (AvgIpc) is 2.35. The molecule has 1 rings (SSSR count). The zero-order valence-electron chi connectivity index (χ0n) is 12.3. The molecular weight excluding hydrogens is 322 g/mol. The Balaban J connectivity index is 2.76. The molecular formula is C15H22BrNO3. The summed E-state index contributed by atoms with van der Waals surface area (Å²) in [7, 11) is 0. The summed E-state index contributed by atoms with van der Waals surface area (Å²) >= 11 is 3.36. The van der Waals surface area contributed by atoms with Gasteiger partial charge in [-0.2, -0.15) is 0 Å². The van der Waals surface area contributed by atoms with Gasteiger partial charge >= 0.3 is 0 Å². The number of ether oxygens (including phenoxy) is 1. The van der Waals surface area contributed by atoms with E-state index in [-0.39, 0.29) is 5.91 Å². The Hall–Kier alpha value is -1.07. The van der Waals surface area contributed by atoms with Gasteiger partial charge < -0.3 is 15.2 Å². The number of carbonyl (C=O) groups excluding carboxylic acids is 1. The summed E-state index contributed by atoms with van der Waals surface area (Å²) in [5, 5.41) is 12.6. The zero-order valence-corrected chi connectivity index (χ0v) is 13.9. The van der Waals surface area contributed by atoms with Gasteiger partial charge in [0.25, 0.3) is 5.91 Å². The fourth-order valence-corrected chi connectivity index (χ4v) is 1.99. The minimum Gasteiger partial charge on any atom is -0.480 e. The van der Waals surface area contributed by atoms with Crippen LogP contribution < -0.4 is 10.1 Å². The number of nitrogens with one attached hydrogen (secondary N) is 1. The number of aliphatic hydroxyl groups excluding tert-OH is 1. The topological polar surface area (TPSA) is 58.6 Å². The average molecular weight is 344 g/mol. The molecule has 0 radical (unpaired) electrons. The Morgan fingerprint density at radius 2 is 2.00 bits per heavy atom. The molecule has 4 nitrogen and oxygen atoms in total. The molecule has 0 heterocycles. The number of carbonyl (C=O) groups is 1. The standard InChI is InChI=1S/C15H22BrNO3/c1-9(2)8-17-15(19)11(4)20-14-7-12(16)5-6-13(14)10(3)18/h5-7,9-11,18H,8H2,1-4H3,(H,17,19). The van der Waals surface area contributed by atoms with E-state index in [4.69, 9.17) is 4.74 Å². The van der Waals surface area contributed by atoms with Gasteiger partial charge in [0.2, 0.25) is 0 Å². The Bertz CT molecular complexity index is 460. The molecule has 1 aromatic carbocycles. The number of aliphatic hydroxyl groups is 1. The molecule has 112 valence electrons. The smallest absolute Gasteiger partial charge is 0.260 e. The molecule has 0 aromatic heterocycles. The lowest BCUT2D eigenvalue weighted by molar-refractivity contribution is -0.127. The largest absolute Gasteiger partial charge is 0.480 e. The number of halogens is 1. The van der Waals surface area contributed by atoms with Crippen LogP contribution in [0.25, 0.3) is 0 Å². The van der Waals surface area contributed by atoms with Gasteiger partial charge in [0, 0.05) is 16.6 Å². The summed E-state index contributed by atoms with van der Waals surface area (Å²) in [4.78, 5) is 11.9. The van der Waals surface area contributed by atoms with Crippen LogP contribution in [0.4, 0.5) is 0 Å². The molecule has 2 unspecified atom stereocenters. The molecule has 1 aromatic rings. The van der Waals surface area contributed by atoms with Gasteiger partial charge in [-0.1, -0.05) is 35.8 Å². The minimum atomic E-state index is -0.649. The highest BCUT2D eigenvalue weighted by Crippen LogP contribution is 2.29. The predicted octanol–water partition coefficient (Wildman–Crippen LogP) is 3.04. The lowest BCUT2D eigenvalue weighted by atomic mass is 10.1. The summed E-state index contributed by atoms with van der Waals surface area (Å²) < 4.78 is 6.52. The van der Waals surface area contributed by atoms with E-state index in [0.29, 0.717) is 23.8 Å². The Morgan fingerprint density at radius 1 is 1.35 bits per heavy atom. The zero-order chi connectivity index (χ0) is 15.3. The number of hydrogen-bond donors (Lipinski definition) is 2. The van der Waals surface area contributed by atoms with Crippen LogP contribution in [0, 0.1) is 5.92 Å². The molecule has 2 atom stereocenters. The highest BCUT2D eigenvalue weighted by Gasteiger charge is 2.18. The molecule has 0 bridgehead atoms. The molecule has 0 fully saturated rings. The van der Waals surface area contributed by atoms with Gasteiger partial charge in [0.1, 0.15) is 5.75 Å². The second kappa shape index (κ2) is 7.64. The normalized spacial score (nSPS) is 13.9. The first-order chi connectivity index (χ1) is 9.31. The number of rotatable bonds is 6. The molecule has 2 N–H and O–H groups in total. The van der Waals surface area contributed by atoms with Gasteiger partial charge in [-0.3, -0.25) is 4.79 Å². The molecule has 0 saturated carbocycles. The van der Waals surface area contributed by atoms with E-state index in [1.165, 1.54) is 0 Å². The first-order valence-electron chi connectivity index (χ1n) is 6.73. The molecule has 0 aliphatic rings. The van der Waals surface area contributed by atoms with Crippen LogP contribution in [-0.4, -0.2) is 23.7 Å². The van der Waals surface area contributed by atoms with Crippen LogP contribution in [0.5, 0.6) is 5.75 Å². The van der Waals surface area contributed by atoms with Crippen LogP contribution in [0.2, 0.25) is 0 Å². The minimum absolute atomic E-state index is 0.157. The summed E-state index contributed by atoms with van der Waals surface area (Å²) in [6, 6.07) is 5.37.